The second kappa shape index (κ2) is 29.7. The van der Waals surface area contributed by atoms with Gasteiger partial charge in [-0.2, -0.15) is 0 Å². The van der Waals surface area contributed by atoms with Crippen LogP contribution in [0.25, 0.3) is 11.0 Å². The average Bonchev–Trinajstić information content (AvgIpc) is 2.27. The second-order valence-electron chi connectivity index (χ2n) is 21.3. The zero-order valence-electron chi connectivity index (χ0n) is 48.9. The molecule has 3 aliphatic rings. The van der Waals surface area contributed by atoms with Crippen LogP contribution in [0.2, 0.25) is 5.02 Å². The Morgan fingerprint density at radius 2 is 1.78 bits per heavy atom. The van der Waals surface area contributed by atoms with E-state index in [-0.39, 0.29) is 76.6 Å². The minimum atomic E-state index is -1.89. The lowest BCUT2D eigenvalue weighted by atomic mass is 9.83. The molecule has 0 spiro atoms. The maximum atomic E-state index is 14.4. The normalized spacial score (nSPS) is 23.5. The quantitative estimate of drug-likeness (QED) is 0.0307. The summed E-state index contributed by atoms with van der Waals surface area (Å²) >= 11 is 6.82. The maximum absolute atomic E-state index is 14.4. The zero-order valence-corrected chi connectivity index (χ0v) is 49.6. The van der Waals surface area contributed by atoms with Gasteiger partial charge in [0.25, 0.3) is 0 Å². The number of fused-ring (bicyclic) bond motifs is 6. The fraction of sp³-hybridized carbons (Fsp3) is 0.579. The number of anilines is 1. The lowest BCUT2D eigenvalue weighted by molar-refractivity contribution is -0.162. The van der Waals surface area contributed by atoms with Crippen molar-refractivity contribution in [3.05, 3.63) is 76.6 Å². The molecule has 9 unspecified atom stereocenters. The van der Waals surface area contributed by atoms with E-state index < -0.39 is 102 Å². The maximum Gasteiger partial charge on any atom is 0.409 e. The lowest BCUT2D eigenvalue weighted by Gasteiger charge is -2.42. The molecule has 1 aromatic carbocycles. The van der Waals surface area contributed by atoms with Crippen LogP contribution in [0.15, 0.2) is 60.3 Å². The molecule has 9 atom stereocenters. The molecule has 5 amide bonds. The highest BCUT2D eigenvalue weighted by atomic mass is 35.5. The van der Waals surface area contributed by atoms with Crippen molar-refractivity contribution in [1.29, 1.82) is 0 Å². The smallest absolute Gasteiger partial charge is 0.409 e. The highest BCUT2D eigenvalue weighted by molar-refractivity contribution is 6.35. The Labute approximate surface area is 488 Å². The number of allylic oxidation sites excluding steroid dienone is 3. The van der Waals surface area contributed by atoms with Crippen LogP contribution in [0.5, 0.6) is 5.75 Å². The van der Waals surface area contributed by atoms with Gasteiger partial charge in [0.1, 0.15) is 52.4 Å². The Hall–Kier alpha value is -6.71. The minimum absolute atomic E-state index is 0.00941. The number of hydrogen-bond acceptors (Lipinski definition) is 18. The van der Waals surface area contributed by atoms with Crippen LogP contribution in [0, 0.1) is 5.92 Å². The molecular formula is C57H80ClN9O16. The molecule has 83 heavy (non-hydrogen) atoms. The second-order valence-corrected chi connectivity index (χ2v) is 21.6. The summed E-state index contributed by atoms with van der Waals surface area (Å²) < 4.78 is 42.6. The van der Waals surface area contributed by atoms with E-state index >= 15 is 0 Å². The van der Waals surface area contributed by atoms with Crippen LogP contribution in [0.1, 0.15) is 77.5 Å². The summed E-state index contributed by atoms with van der Waals surface area (Å²) in [7, 11) is 9.54. The Morgan fingerprint density at radius 3 is 2.48 bits per heavy atom. The Morgan fingerprint density at radius 1 is 1.05 bits per heavy atom. The van der Waals surface area contributed by atoms with Gasteiger partial charge >= 0.3 is 18.0 Å². The van der Waals surface area contributed by atoms with Crippen molar-refractivity contribution >= 4 is 70.0 Å². The van der Waals surface area contributed by atoms with Gasteiger partial charge in [0.15, 0.2) is 5.72 Å². The fourth-order valence-electron chi connectivity index (χ4n) is 10.1. The Bertz CT molecular complexity index is 2870. The van der Waals surface area contributed by atoms with Gasteiger partial charge < -0.3 is 68.4 Å². The van der Waals surface area contributed by atoms with Gasteiger partial charge in [-0.1, -0.05) is 42.3 Å². The van der Waals surface area contributed by atoms with Gasteiger partial charge in [0.2, 0.25) is 23.6 Å². The number of pyridine rings is 1. The highest BCUT2D eigenvalue weighted by Gasteiger charge is 2.64. The largest absolute Gasteiger partial charge is 0.495 e. The highest BCUT2D eigenvalue weighted by Crippen LogP contribution is 2.49. The molecule has 3 aromatic rings. The molecule has 0 aliphatic carbocycles. The number of halogens is 1. The first-order valence-corrected chi connectivity index (χ1v) is 27.9. The van der Waals surface area contributed by atoms with Gasteiger partial charge in [0, 0.05) is 83.8 Å². The Balaban J connectivity index is 1.00. The van der Waals surface area contributed by atoms with Crippen LogP contribution < -0.4 is 31.0 Å². The van der Waals surface area contributed by atoms with Crippen LogP contribution in [-0.2, 0) is 76.7 Å². The molecule has 6 rings (SSSR count). The molecular weight excluding hydrogens is 1100 g/mol. The van der Waals surface area contributed by atoms with E-state index in [1.807, 2.05) is 47.8 Å². The molecule has 4 bridgehead atoms. The molecule has 3 aliphatic heterocycles. The van der Waals surface area contributed by atoms with Gasteiger partial charge in [-0.15, -0.1) is 0 Å². The van der Waals surface area contributed by atoms with Crippen molar-refractivity contribution in [2.45, 2.75) is 134 Å². The standard InChI is InChI=1S/C57H80ClN9O16/c1-34-13-11-15-44(78-10)57(76)32-43(81-55(75)63-57)35(2)51-56(4,83-51)45(31-48(70)66(8)41-28-37(27-34)29-42(77-9)50(41)58)82-54(74)36(3)65(7)47(69)19-23-79-25-26-80-24-21-61-53(73)40(16-17-49(71)72)62-46(68)18-22-67-39(33-64(6)59-5)30-38-14-12-20-60-52(38)67/h11-15,20,28-30,35-36,40,43-45,51,59,76H,16-19,21-27,31-33H2,1-10H3,(H,61,73)(H,62,68)(H,63,75)(H,71,72). The number of hydrazine groups is 1. The molecule has 0 saturated carbocycles. The van der Waals surface area contributed by atoms with Gasteiger partial charge in [-0.3, -0.25) is 34.7 Å². The van der Waals surface area contributed by atoms with E-state index in [0.717, 1.165) is 22.2 Å². The lowest BCUT2D eigenvalue weighted by Crippen LogP contribution is -2.63. The molecule has 0 radical (unpaired) electrons. The number of epoxide rings is 1. The van der Waals surface area contributed by atoms with Gasteiger partial charge in [0.05, 0.1) is 64.7 Å². The SMILES string of the molecule is CNN(C)Cc1cc2cccnc2n1CCC(=O)NC(CCC(=O)O)C(=O)NCCOCCOCCC(=O)N(C)C(C)C(=O)OC1CC(=O)N(C)c2cc(cc(OC)c2Cl)CC(C)=CC=CC(OC)C2(O)CC(OC(=O)N2)C(C)C2OC12C. The zero-order chi connectivity index (χ0) is 60.8. The third-order valence-corrected chi connectivity index (χ3v) is 15.7. The van der Waals surface area contributed by atoms with Crippen molar-refractivity contribution in [3.63, 3.8) is 0 Å². The summed E-state index contributed by atoms with van der Waals surface area (Å²) in [4.78, 5) is 99.7. The molecule has 2 fully saturated rings. The number of aliphatic hydroxyl groups is 1. The number of nitrogens with one attached hydrogen (secondary N) is 4. The van der Waals surface area contributed by atoms with E-state index in [1.54, 1.807) is 58.4 Å². The average molecular weight is 1180 g/mol. The van der Waals surface area contributed by atoms with E-state index in [1.165, 1.54) is 38.0 Å². The summed E-state index contributed by atoms with van der Waals surface area (Å²) in [5, 5.41) is 32.1. The third-order valence-electron chi connectivity index (χ3n) is 15.3. The third kappa shape index (κ3) is 17.2. The summed E-state index contributed by atoms with van der Waals surface area (Å²) in [5.74, 6) is -4.17. The number of carboxylic acids is 1. The number of carbonyl (C=O) groups excluding carboxylic acids is 6. The number of alkyl carbamates (subject to hydrolysis) is 1. The van der Waals surface area contributed by atoms with Crippen molar-refractivity contribution in [3.8, 4) is 5.75 Å². The number of methoxy groups -OCH3 is 2. The van der Waals surface area contributed by atoms with E-state index in [9.17, 15) is 43.8 Å². The number of aryl methyl sites for hydroxylation is 1. The molecule has 6 N–H and O–H groups in total. The molecule has 2 aromatic heterocycles. The topological polar surface area (TPSA) is 304 Å². The van der Waals surface area contributed by atoms with E-state index in [4.69, 9.17) is 44.8 Å². The monoisotopic (exact) mass is 1180 g/mol. The van der Waals surface area contributed by atoms with E-state index in [0.29, 0.717) is 30.0 Å². The van der Waals surface area contributed by atoms with Crippen LogP contribution in [0.3, 0.4) is 0 Å². The van der Waals surface area contributed by atoms with E-state index in [2.05, 4.69) is 26.4 Å². The number of nitrogens with zero attached hydrogens (tertiary/aromatic N) is 5. The summed E-state index contributed by atoms with van der Waals surface area (Å²) in [6, 6.07) is 7.05. The number of amides is 5. The van der Waals surface area contributed by atoms with Crippen molar-refractivity contribution in [2.75, 3.05) is 80.3 Å². The number of carboxylic acid groups (broad SMARTS) is 1. The summed E-state index contributed by atoms with van der Waals surface area (Å²) in [6.07, 6.45) is 1.43. The van der Waals surface area contributed by atoms with Crippen LogP contribution in [-0.4, -0.2) is 195 Å². The first kappa shape index (κ1) is 65.4. The number of carbonyl (C=O) groups is 7. The first-order chi connectivity index (χ1) is 39.4. The number of esters is 1. The van der Waals surface area contributed by atoms with Gasteiger partial charge in [-0.05, 0) is 76.6 Å². The van der Waals surface area contributed by atoms with Crippen molar-refractivity contribution < 1.29 is 76.9 Å². The number of rotatable bonds is 25. The fourth-order valence-corrected chi connectivity index (χ4v) is 10.4. The van der Waals surface area contributed by atoms with Gasteiger partial charge in [-0.25, -0.2) is 19.6 Å². The number of hydrogen-bond donors (Lipinski definition) is 6. The first-order valence-electron chi connectivity index (χ1n) is 27.5. The summed E-state index contributed by atoms with van der Waals surface area (Å²) in [5.41, 5.74) is 3.49. The summed E-state index contributed by atoms with van der Waals surface area (Å²) in [6.45, 7) is 7.90. The Kier molecular flexibility index (Phi) is 23.4. The van der Waals surface area contributed by atoms with Crippen LogP contribution in [0.4, 0.5) is 10.5 Å². The molecule has 26 heteroatoms. The number of aliphatic carboxylic acids is 1. The minimum Gasteiger partial charge on any atom is -0.495 e. The predicted molar refractivity (Wildman–Crippen MR) is 304 cm³/mol. The van der Waals surface area contributed by atoms with Crippen molar-refractivity contribution in [1.82, 2.24) is 40.8 Å². The predicted octanol–water partition coefficient (Wildman–Crippen LogP) is 3.41. The molecule has 25 nitrogen and oxygen atoms in total. The number of likely N-dealkylation sites (N-methyl/N-ethyl adjacent to an activating group) is 1. The van der Waals surface area contributed by atoms with Crippen molar-refractivity contribution in [2.24, 2.45) is 5.92 Å². The molecule has 456 valence electrons. The number of benzene rings is 1. The number of aromatic nitrogens is 2. The molecule has 2 saturated heterocycles. The molecule has 5 heterocycles. The number of ether oxygens (including phenoxy) is 7. The van der Waals surface area contributed by atoms with Crippen LogP contribution >= 0.6 is 11.6 Å².